The fourth-order valence-electron chi connectivity index (χ4n) is 8.03. The van der Waals surface area contributed by atoms with E-state index in [1.807, 2.05) is 0 Å². The summed E-state index contributed by atoms with van der Waals surface area (Å²) in [6.45, 7) is -2.29. The molecule has 3 aliphatic rings. The summed E-state index contributed by atoms with van der Waals surface area (Å²) < 4.78 is 17.5. The van der Waals surface area contributed by atoms with Crippen LogP contribution in [0.1, 0.15) is 79.3 Å². The van der Waals surface area contributed by atoms with Gasteiger partial charge in [0.15, 0.2) is 11.7 Å². The van der Waals surface area contributed by atoms with Gasteiger partial charge in [-0.05, 0) is 55.0 Å². The number of nitrogens with zero attached hydrogens (tertiary/aromatic N) is 3. The van der Waals surface area contributed by atoms with Crippen molar-refractivity contribution in [3.8, 4) is 17.2 Å². The standard InChI is InChI=1S/C41H48N6O14/c1-44-40(43)46-15-23-20(5-3-4-10-48)11-22-32(35(23)54)36(55)33-26(13-25(59-2)24(17-49)31(33)34(22)53)60-39-37(56)38(57)41(58,27(18-50)61-39)14-21(19-8-9-45-28(42)12-19)16-47-29(51)6-7-30(47)52/h6-9,11-13,21,27,37-39,48-50,54,56-58H,3-5,10,14-18H2,1-2H3,(H2,42,45)(H3,43,44,46)/t21-,27-,37-,38-,39-,41-/m1/s1. The number of aliphatic hydroxyl groups is 6. The number of methoxy groups -OCH3 is 1. The van der Waals surface area contributed by atoms with Crippen LogP contribution in [-0.2, 0) is 33.9 Å². The first-order valence-corrected chi connectivity index (χ1v) is 19.3. The van der Waals surface area contributed by atoms with Gasteiger partial charge in [0.25, 0.3) is 11.8 Å². The van der Waals surface area contributed by atoms with Gasteiger partial charge in [0, 0.05) is 79.3 Å². The second-order valence-electron chi connectivity index (χ2n) is 14.8. The van der Waals surface area contributed by atoms with E-state index >= 15 is 0 Å². The molecule has 12 N–H and O–H groups in total. The number of hydrogen-bond donors (Lipinski definition) is 10. The van der Waals surface area contributed by atoms with Crippen molar-refractivity contribution in [1.29, 1.82) is 0 Å². The van der Waals surface area contributed by atoms with Gasteiger partial charge in [0.2, 0.25) is 12.1 Å². The number of nitrogens with one attached hydrogen (secondary N) is 1. The van der Waals surface area contributed by atoms with E-state index in [9.17, 15) is 54.9 Å². The number of rotatable bonds is 16. The van der Waals surface area contributed by atoms with Crippen molar-refractivity contribution in [1.82, 2.24) is 15.2 Å². The number of imide groups is 1. The summed E-state index contributed by atoms with van der Waals surface area (Å²) in [5.41, 5.74) is 8.84. The van der Waals surface area contributed by atoms with E-state index < -0.39 is 102 Å². The number of unbranched alkanes of at least 4 members (excludes halogenated alkanes) is 1. The van der Waals surface area contributed by atoms with E-state index in [4.69, 9.17) is 25.7 Å². The monoisotopic (exact) mass is 848 g/mol. The number of pyridine rings is 1. The van der Waals surface area contributed by atoms with E-state index in [1.54, 1.807) is 0 Å². The number of ketones is 2. The Kier molecular flexibility index (Phi) is 13.4. The van der Waals surface area contributed by atoms with Gasteiger partial charge in [-0.1, -0.05) is 0 Å². The average Bonchev–Trinajstić information content (AvgIpc) is 3.56. The van der Waals surface area contributed by atoms with Crippen molar-refractivity contribution in [3.05, 3.63) is 87.1 Å². The molecule has 61 heavy (non-hydrogen) atoms. The Morgan fingerprint density at radius 3 is 2.36 bits per heavy atom. The average molecular weight is 849 g/mol. The predicted molar refractivity (Wildman–Crippen MR) is 214 cm³/mol. The number of aromatic hydroxyl groups is 1. The van der Waals surface area contributed by atoms with Crippen molar-refractivity contribution in [3.63, 3.8) is 0 Å². The highest BCUT2D eigenvalue weighted by Crippen LogP contribution is 2.46. The molecule has 1 fully saturated rings. The molecular formula is C41H48N6O14. The number of phenolic OH excluding ortho intramolecular Hbond substituents is 1. The summed E-state index contributed by atoms with van der Waals surface area (Å²) in [5.74, 6) is -5.00. The third-order valence-electron chi connectivity index (χ3n) is 11.2. The number of ether oxygens (including phenoxy) is 3. The van der Waals surface area contributed by atoms with Crippen LogP contribution in [0.25, 0.3) is 0 Å². The quantitative estimate of drug-likeness (QED) is 0.0269. The maximum absolute atomic E-state index is 14.6. The lowest BCUT2D eigenvalue weighted by Gasteiger charge is -2.49. The first-order chi connectivity index (χ1) is 29.1. The Bertz CT molecular complexity index is 2260. The molecule has 20 nitrogen and oxygen atoms in total. The number of aliphatic imine (C=N–C) groups is 1. The Hall–Kier alpha value is -6.00. The first kappa shape index (κ1) is 44.5. The van der Waals surface area contributed by atoms with Crippen molar-refractivity contribution >= 4 is 35.2 Å². The summed E-state index contributed by atoms with van der Waals surface area (Å²) >= 11 is 0. The molecule has 0 radical (unpaired) electrons. The number of benzene rings is 2. The molecule has 326 valence electrons. The zero-order chi connectivity index (χ0) is 44.3. The fourth-order valence-corrected chi connectivity index (χ4v) is 8.03. The highest BCUT2D eigenvalue weighted by molar-refractivity contribution is 6.31. The highest BCUT2D eigenvalue weighted by Gasteiger charge is 2.57. The van der Waals surface area contributed by atoms with Gasteiger partial charge >= 0.3 is 0 Å². The van der Waals surface area contributed by atoms with Crippen LogP contribution in [-0.4, -0.2) is 139 Å². The summed E-state index contributed by atoms with van der Waals surface area (Å²) in [6, 6.07) is 5.54. The van der Waals surface area contributed by atoms with Crippen LogP contribution in [0.5, 0.6) is 17.2 Å². The Morgan fingerprint density at radius 1 is 1.02 bits per heavy atom. The molecule has 0 unspecified atom stereocenters. The largest absolute Gasteiger partial charge is 0.507 e. The molecule has 20 heteroatoms. The number of carbonyl (C=O) groups excluding carboxylic acids is 4. The van der Waals surface area contributed by atoms with E-state index in [1.165, 1.54) is 38.6 Å². The van der Waals surface area contributed by atoms with Crippen LogP contribution in [0, 0.1) is 0 Å². The topological polar surface area (TPSA) is 330 Å². The maximum atomic E-state index is 14.6. The van der Waals surface area contributed by atoms with Crippen molar-refractivity contribution in [2.75, 3.05) is 39.6 Å². The van der Waals surface area contributed by atoms with Crippen LogP contribution in [0.2, 0.25) is 0 Å². The number of guanidine groups is 1. The summed E-state index contributed by atoms with van der Waals surface area (Å²) in [6.07, 6.45) is -3.84. The molecule has 2 amide bonds. The number of fused-ring (bicyclic) bond motifs is 2. The lowest BCUT2D eigenvalue weighted by molar-refractivity contribution is -0.315. The first-order valence-electron chi connectivity index (χ1n) is 19.3. The lowest BCUT2D eigenvalue weighted by Crippen LogP contribution is -2.68. The molecule has 0 saturated carbocycles. The van der Waals surface area contributed by atoms with E-state index in [0.29, 0.717) is 24.0 Å². The number of carbonyl (C=O) groups is 4. The Labute approximate surface area is 348 Å². The van der Waals surface area contributed by atoms with Gasteiger partial charge in [-0.3, -0.25) is 29.1 Å². The minimum Gasteiger partial charge on any atom is -0.507 e. The second-order valence-corrected chi connectivity index (χ2v) is 14.8. The van der Waals surface area contributed by atoms with Gasteiger partial charge in [-0.15, -0.1) is 0 Å². The highest BCUT2D eigenvalue weighted by atomic mass is 16.7. The van der Waals surface area contributed by atoms with Crippen molar-refractivity contribution in [2.45, 2.75) is 75.0 Å². The van der Waals surface area contributed by atoms with Crippen LogP contribution in [0.3, 0.4) is 0 Å². The number of amides is 2. The van der Waals surface area contributed by atoms with Gasteiger partial charge in [-0.25, -0.2) is 4.98 Å². The van der Waals surface area contributed by atoms with Crippen LogP contribution >= 0.6 is 0 Å². The zero-order valence-corrected chi connectivity index (χ0v) is 33.3. The molecule has 0 spiro atoms. The molecular weight excluding hydrogens is 800 g/mol. The van der Waals surface area contributed by atoms with Gasteiger partial charge in [0.05, 0.1) is 31.5 Å². The minimum atomic E-state index is -2.49. The molecule has 0 bridgehead atoms. The second kappa shape index (κ2) is 18.3. The number of hydrogen-bond acceptors (Lipinski definition) is 17. The van der Waals surface area contributed by atoms with Gasteiger partial charge in [0.1, 0.15) is 47.0 Å². The molecule has 1 saturated heterocycles. The lowest BCUT2D eigenvalue weighted by atomic mass is 9.75. The molecule has 3 aromatic rings. The number of nitrogens with two attached hydrogens (primary N) is 2. The third kappa shape index (κ3) is 8.38. The summed E-state index contributed by atoms with van der Waals surface area (Å²) in [7, 11) is 2.67. The SMILES string of the molecule is CN=C(N)NCc1c(CCCCO)cc2c(c1O)C(=O)c1c(O[C@@H]3O[C@H](CO)[C@](O)(C[C@H](CN4C(=O)C=CC4=O)c4ccnc(N)c4)[C@H](O)[C@H]3O)cc(OC)c(CO)c1C2=O. The van der Waals surface area contributed by atoms with Crippen LogP contribution < -0.4 is 26.3 Å². The number of nitrogen functional groups attached to an aromatic ring is 1. The zero-order valence-electron chi connectivity index (χ0n) is 33.3. The molecule has 2 aromatic carbocycles. The third-order valence-corrected chi connectivity index (χ3v) is 11.2. The molecule has 3 heterocycles. The normalized spacial score (nSPS) is 23.0. The van der Waals surface area contributed by atoms with Gasteiger partial charge in [-0.2, -0.15) is 0 Å². The molecule has 6 atom stereocenters. The van der Waals surface area contributed by atoms with Crippen molar-refractivity contribution in [2.24, 2.45) is 10.7 Å². The van der Waals surface area contributed by atoms with E-state index in [0.717, 1.165) is 23.1 Å². The number of anilines is 1. The van der Waals surface area contributed by atoms with E-state index in [2.05, 4.69) is 15.3 Å². The number of aliphatic hydroxyl groups excluding tert-OH is 5. The summed E-state index contributed by atoms with van der Waals surface area (Å²) in [4.78, 5) is 63.0. The smallest absolute Gasteiger partial charge is 0.253 e. The number of aryl methyl sites for hydroxylation is 1. The molecule has 6 rings (SSSR count). The number of aromatic nitrogens is 1. The molecule has 1 aromatic heterocycles. The van der Waals surface area contributed by atoms with Crippen molar-refractivity contribution < 1.29 is 69.1 Å². The van der Waals surface area contributed by atoms with E-state index in [-0.39, 0.29) is 65.9 Å². The molecule has 2 aliphatic heterocycles. The summed E-state index contributed by atoms with van der Waals surface area (Å²) in [5, 5.41) is 80.4. The Balaban J connectivity index is 1.39. The maximum Gasteiger partial charge on any atom is 0.253 e. The Morgan fingerprint density at radius 2 is 1.74 bits per heavy atom. The van der Waals surface area contributed by atoms with Crippen LogP contribution in [0.4, 0.5) is 5.82 Å². The number of phenols is 1. The van der Waals surface area contributed by atoms with Crippen LogP contribution in [0.15, 0.2) is 47.6 Å². The fraction of sp³-hybridized carbons (Fsp3) is 0.415. The van der Waals surface area contributed by atoms with Gasteiger partial charge < -0.3 is 66.7 Å². The predicted octanol–water partition coefficient (Wildman–Crippen LogP) is -1.36. The minimum absolute atomic E-state index is 0.0227. The molecule has 1 aliphatic carbocycles.